The van der Waals surface area contributed by atoms with Crippen LogP contribution in [0.25, 0.3) is 0 Å². The average Bonchev–Trinajstić information content (AvgIpc) is 3.35. The predicted molar refractivity (Wildman–Crippen MR) is 107 cm³/mol. The lowest BCUT2D eigenvalue weighted by Gasteiger charge is -2.17. The number of nitrogens with zero attached hydrogens (tertiary/aromatic N) is 1. The molecule has 1 saturated heterocycles. The minimum atomic E-state index is -0.320. The molecule has 0 radical (unpaired) electrons. The summed E-state index contributed by atoms with van der Waals surface area (Å²) in [7, 11) is 1.51. The Kier molecular flexibility index (Phi) is 5.31. The van der Waals surface area contributed by atoms with E-state index >= 15 is 0 Å². The first kappa shape index (κ1) is 19.1. The van der Waals surface area contributed by atoms with Crippen LogP contribution in [0.3, 0.4) is 0 Å². The summed E-state index contributed by atoms with van der Waals surface area (Å²) in [6, 6.07) is 12.2. The van der Waals surface area contributed by atoms with E-state index in [9.17, 15) is 14.4 Å². The van der Waals surface area contributed by atoms with Crippen LogP contribution < -0.4 is 15.4 Å². The Morgan fingerprint density at radius 1 is 1.17 bits per heavy atom. The lowest BCUT2D eigenvalue weighted by molar-refractivity contribution is 0.0642. The van der Waals surface area contributed by atoms with E-state index in [1.807, 2.05) is 0 Å². The Morgan fingerprint density at radius 3 is 2.52 bits per heavy atom. The summed E-state index contributed by atoms with van der Waals surface area (Å²) in [5, 5.41) is 6.28. The second-order valence-electron chi connectivity index (χ2n) is 7.28. The van der Waals surface area contributed by atoms with Gasteiger partial charge in [-0.25, -0.2) is 0 Å². The van der Waals surface area contributed by atoms with Gasteiger partial charge in [0, 0.05) is 12.6 Å². The van der Waals surface area contributed by atoms with Crippen LogP contribution in [0.5, 0.6) is 5.75 Å². The molecule has 1 fully saturated rings. The number of benzene rings is 2. The Hall–Kier alpha value is -3.19. The number of methoxy groups -OCH3 is 1. The van der Waals surface area contributed by atoms with Crippen LogP contribution in [0.2, 0.25) is 0 Å². The number of nitrogens with one attached hydrogen (secondary N) is 2. The molecular weight excluding hydrogens is 370 g/mol. The van der Waals surface area contributed by atoms with Crippen LogP contribution in [0.4, 0.5) is 0 Å². The van der Waals surface area contributed by atoms with Crippen LogP contribution in [-0.4, -0.2) is 48.9 Å². The van der Waals surface area contributed by atoms with Gasteiger partial charge in [0.2, 0.25) is 0 Å². The quantitative estimate of drug-likeness (QED) is 0.733. The molecule has 150 valence electrons. The number of amides is 3. The van der Waals surface area contributed by atoms with Crippen molar-refractivity contribution in [2.75, 3.05) is 20.2 Å². The molecule has 2 heterocycles. The van der Waals surface area contributed by atoms with Gasteiger partial charge >= 0.3 is 0 Å². The van der Waals surface area contributed by atoms with E-state index in [1.54, 1.807) is 42.5 Å². The lowest BCUT2D eigenvalue weighted by Crippen LogP contribution is -2.37. The van der Waals surface area contributed by atoms with E-state index in [1.165, 1.54) is 12.0 Å². The second kappa shape index (κ2) is 8.05. The first-order chi connectivity index (χ1) is 14.1. The molecule has 7 nitrogen and oxygen atoms in total. The molecule has 29 heavy (non-hydrogen) atoms. The van der Waals surface area contributed by atoms with E-state index in [4.69, 9.17) is 4.74 Å². The standard InChI is InChI=1S/C22H23N3O4/c1-29-19-9-8-14(11-18(19)20(26)24-12-15-5-4-10-23-15)13-25-21(27)16-6-2-3-7-17(16)22(25)28/h2-3,6-9,11,15,23H,4-5,10,12-13H2,1H3,(H,24,26). The maximum atomic E-state index is 12.7. The maximum absolute atomic E-state index is 12.7. The Bertz CT molecular complexity index is 931. The topological polar surface area (TPSA) is 87.7 Å². The summed E-state index contributed by atoms with van der Waals surface area (Å²) in [6.07, 6.45) is 2.15. The molecule has 7 heteroatoms. The molecule has 2 aromatic rings. The van der Waals surface area contributed by atoms with Gasteiger partial charge in [-0.1, -0.05) is 18.2 Å². The van der Waals surface area contributed by atoms with Gasteiger partial charge in [-0.15, -0.1) is 0 Å². The largest absolute Gasteiger partial charge is 0.496 e. The fourth-order valence-corrected chi connectivity index (χ4v) is 3.84. The maximum Gasteiger partial charge on any atom is 0.261 e. The molecule has 1 unspecified atom stereocenters. The fraction of sp³-hybridized carbons (Fsp3) is 0.318. The highest BCUT2D eigenvalue weighted by molar-refractivity contribution is 6.21. The molecule has 0 aliphatic carbocycles. The summed E-state index contributed by atoms with van der Waals surface area (Å²) in [5.41, 5.74) is 1.89. The summed E-state index contributed by atoms with van der Waals surface area (Å²) in [4.78, 5) is 39.1. The normalized spacial score (nSPS) is 18.1. The van der Waals surface area contributed by atoms with Crippen LogP contribution >= 0.6 is 0 Å². The van der Waals surface area contributed by atoms with Gasteiger partial charge in [-0.2, -0.15) is 0 Å². The number of carbonyl (C=O) groups excluding carboxylic acids is 3. The van der Waals surface area contributed by atoms with Crippen LogP contribution in [0, 0.1) is 0 Å². The van der Waals surface area contributed by atoms with Crippen molar-refractivity contribution in [3.05, 3.63) is 64.7 Å². The minimum absolute atomic E-state index is 0.0980. The van der Waals surface area contributed by atoms with E-state index < -0.39 is 0 Å². The monoisotopic (exact) mass is 393 g/mol. The number of ether oxygens (including phenoxy) is 1. The van der Waals surface area contributed by atoms with Gasteiger partial charge in [0.1, 0.15) is 5.75 Å². The second-order valence-corrected chi connectivity index (χ2v) is 7.28. The third-order valence-corrected chi connectivity index (χ3v) is 5.40. The highest BCUT2D eigenvalue weighted by atomic mass is 16.5. The number of carbonyl (C=O) groups is 3. The predicted octanol–water partition coefficient (Wildman–Crippen LogP) is 1.97. The van der Waals surface area contributed by atoms with Crippen molar-refractivity contribution in [1.82, 2.24) is 15.5 Å². The number of imide groups is 1. The molecule has 0 bridgehead atoms. The number of hydrogen-bond acceptors (Lipinski definition) is 5. The van der Waals surface area contributed by atoms with Crippen molar-refractivity contribution in [3.8, 4) is 5.75 Å². The average molecular weight is 393 g/mol. The van der Waals surface area contributed by atoms with Gasteiger partial charge in [-0.05, 0) is 49.2 Å². The van der Waals surface area contributed by atoms with Crippen molar-refractivity contribution in [2.45, 2.75) is 25.4 Å². The van der Waals surface area contributed by atoms with Crippen molar-refractivity contribution >= 4 is 17.7 Å². The van der Waals surface area contributed by atoms with Crippen LogP contribution in [0.1, 0.15) is 49.5 Å². The number of fused-ring (bicyclic) bond motifs is 1. The summed E-state index contributed by atoms with van der Waals surface area (Å²) in [6.45, 7) is 1.62. The Balaban J connectivity index is 1.51. The van der Waals surface area contributed by atoms with Gasteiger partial charge in [-0.3, -0.25) is 19.3 Å². The van der Waals surface area contributed by atoms with E-state index in [0.29, 0.717) is 34.5 Å². The molecule has 2 aromatic carbocycles. The first-order valence-corrected chi connectivity index (χ1v) is 9.72. The SMILES string of the molecule is COc1ccc(CN2C(=O)c3ccccc3C2=O)cc1C(=O)NCC1CCCN1. The van der Waals surface area contributed by atoms with E-state index in [0.717, 1.165) is 19.4 Å². The Morgan fingerprint density at radius 2 is 1.90 bits per heavy atom. The minimum Gasteiger partial charge on any atom is -0.496 e. The van der Waals surface area contributed by atoms with E-state index in [2.05, 4.69) is 10.6 Å². The van der Waals surface area contributed by atoms with Crippen LogP contribution in [0.15, 0.2) is 42.5 Å². The van der Waals surface area contributed by atoms with Gasteiger partial charge in [0.05, 0.1) is 30.3 Å². The molecule has 2 aliphatic heterocycles. The van der Waals surface area contributed by atoms with Gasteiger partial charge in [0.15, 0.2) is 0 Å². The number of hydrogen-bond donors (Lipinski definition) is 2. The van der Waals surface area contributed by atoms with E-state index in [-0.39, 0.29) is 30.3 Å². The van der Waals surface area contributed by atoms with Crippen molar-refractivity contribution in [1.29, 1.82) is 0 Å². The molecule has 0 spiro atoms. The highest BCUT2D eigenvalue weighted by Crippen LogP contribution is 2.26. The molecular formula is C22H23N3O4. The lowest BCUT2D eigenvalue weighted by atomic mass is 10.1. The molecule has 1 atom stereocenters. The molecule has 4 rings (SSSR count). The third-order valence-electron chi connectivity index (χ3n) is 5.40. The van der Waals surface area contributed by atoms with Crippen molar-refractivity contribution in [3.63, 3.8) is 0 Å². The molecule has 0 saturated carbocycles. The zero-order valence-corrected chi connectivity index (χ0v) is 16.2. The van der Waals surface area contributed by atoms with Crippen LogP contribution in [-0.2, 0) is 6.54 Å². The fourth-order valence-electron chi connectivity index (χ4n) is 3.84. The Labute approximate surface area is 169 Å². The first-order valence-electron chi connectivity index (χ1n) is 9.72. The van der Waals surface area contributed by atoms with Crippen molar-refractivity contribution < 1.29 is 19.1 Å². The summed E-state index contributed by atoms with van der Waals surface area (Å²) < 4.78 is 5.33. The molecule has 2 N–H and O–H groups in total. The number of rotatable bonds is 6. The van der Waals surface area contributed by atoms with Gasteiger partial charge < -0.3 is 15.4 Å². The zero-order valence-electron chi connectivity index (χ0n) is 16.2. The molecule has 3 amide bonds. The summed E-state index contributed by atoms with van der Waals surface area (Å²) >= 11 is 0. The molecule has 2 aliphatic rings. The zero-order chi connectivity index (χ0) is 20.4. The highest BCUT2D eigenvalue weighted by Gasteiger charge is 2.35. The van der Waals surface area contributed by atoms with Crippen molar-refractivity contribution in [2.24, 2.45) is 0 Å². The molecule has 0 aromatic heterocycles. The summed E-state index contributed by atoms with van der Waals surface area (Å²) in [5.74, 6) is -0.424. The smallest absolute Gasteiger partial charge is 0.261 e. The van der Waals surface area contributed by atoms with Gasteiger partial charge in [0.25, 0.3) is 17.7 Å². The third kappa shape index (κ3) is 3.73.